The molecule has 0 radical (unpaired) electrons. The SMILES string of the molecule is CC(OC1=CCC(c2ccccc2OCCNC(=O)c2ccc(-c3ccc(F)cc3)cc2)(C(C)C)C=C1)C(=O)O. The van der Waals surface area contributed by atoms with Gasteiger partial charge in [0.25, 0.3) is 5.91 Å². The fourth-order valence-electron chi connectivity index (χ4n) is 4.78. The summed E-state index contributed by atoms with van der Waals surface area (Å²) < 4.78 is 24.9. The predicted octanol–water partition coefficient (Wildman–Crippen LogP) is 6.53. The Balaban J connectivity index is 1.37. The number of hydrogen-bond acceptors (Lipinski definition) is 4. The molecule has 40 heavy (non-hydrogen) atoms. The Bertz CT molecular complexity index is 1400. The van der Waals surface area contributed by atoms with E-state index in [4.69, 9.17) is 14.6 Å². The van der Waals surface area contributed by atoms with Gasteiger partial charge in [-0.25, -0.2) is 9.18 Å². The molecule has 1 amide bonds. The summed E-state index contributed by atoms with van der Waals surface area (Å²) in [6, 6.07) is 21.2. The molecule has 0 spiro atoms. The molecule has 0 heterocycles. The van der Waals surface area contributed by atoms with Crippen LogP contribution in [-0.4, -0.2) is 36.2 Å². The highest BCUT2D eigenvalue weighted by atomic mass is 19.1. The summed E-state index contributed by atoms with van der Waals surface area (Å²) >= 11 is 0. The molecule has 1 aliphatic rings. The quantitative estimate of drug-likeness (QED) is 0.269. The molecule has 6 nitrogen and oxygen atoms in total. The van der Waals surface area contributed by atoms with Crippen molar-refractivity contribution in [3.63, 3.8) is 0 Å². The van der Waals surface area contributed by atoms with E-state index in [0.29, 0.717) is 24.3 Å². The zero-order valence-electron chi connectivity index (χ0n) is 22.9. The molecule has 208 valence electrons. The number of aliphatic carboxylic acids is 1. The van der Waals surface area contributed by atoms with Crippen molar-refractivity contribution in [2.24, 2.45) is 5.92 Å². The molecule has 0 aromatic heterocycles. The summed E-state index contributed by atoms with van der Waals surface area (Å²) in [4.78, 5) is 23.8. The van der Waals surface area contributed by atoms with E-state index in [0.717, 1.165) is 22.4 Å². The van der Waals surface area contributed by atoms with Gasteiger partial charge in [-0.2, -0.15) is 0 Å². The molecule has 1 aliphatic carbocycles. The van der Waals surface area contributed by atoms with E-state index in [9.17, 15) is 14.0 Å². The van der Waals surface area contributed by atoms with Gasteiger partial charge < -0.3 is 19.9 Å². The van der Waals surface area contributed by atoms with Crippen LogP contribution in [0.1, 0.15) is 43.1 Å². The van der Waals surface area contributed by atoms with Gasteiger partial charge in [0.2, 0.25) is 0 Å². The van der Waals surface area contributed by atoms with Crippen LogP contribution in [0.5, 0.6) is 5.75 Å². The molecular formula is C33H34FNO5. The number of ether oxygens (including phenoxy) is 2. The van der Waals surface area contributed by atoms with Gasteiger partial charge in [-0.1, -0.05) is 62.4 Å². The van der Waals surface area contributed by atoms with Gasteiger partial charge in [0.1, 0.15) is 23.9 Å². The number of nitrogens with one attached hydrogen (secondary N) is 1. The number of halogens is 1. The van der Waals surface area contributed by atoms with E-state index in [1.54, 1.807) is 24.3 Å². The lowest BCUT2D eigenvalue weighted by Crippen LogP contribution is -2.33. The van der Waals surface area contributed by atoms with E-state index in [1.165, 1.54) is 19.1 Å². The second-order valence-electron chi connectivity index (χ2n) is 10.1. The number of para-hydroxylation sites is 1. The van der Waals surface area contributed by atoms with Crippen LogP contribution in [0.3, 0.4) is 0 Å². The van der Waals surface area contributed by atoms with Crippen LogP contribution >= 0.6 is 0 Å². The number of allylic oxidation sites excluding steroid dienone is 3. The predicted molar refractivity (Wildman–Crippen MR) is 153 cm³/mol. The van der Waals surface area contributed by atoms with Gasteiger partial charge in [0.05, 0.1) is 6.54 Å². The Morgan fingerprint density at radius 1 is 0.975 bits per heavy atom. The van der Waals surface area contributed by atoms with E-state index in [2.05, 4.69) is 25.2 Å². The molecule has 0 fully saturated rings. The molecule has 7 heteroatoms. The van der Waals surface area contributed by atoms with Crippen LogP contribution in [0.4, 0.5) is 4.39 Å². The second-order valence-corrected chi connectivity index (χ2v) is 10.1. The van der Waals surface area contributed by atoms with Gasteiger partial charge >= 0.3 is 5.97 Å². The molecular weight excluding hydrogens is 509 g/mol. The Morgan fingerprint density at radius 3 is 2.23 bits per heavy atom. The third-order valence-electron chi connectivity index (χ3n) is 7.24. The summed E-state index contributed by atoms with van der Waals surface area (Å²) in [6.07, 6.45) is 5.54. The van der Waals surface area contributed by atoms with Crippen LogP contribution in [0, 0.1) is 11.7 Å². The number of carbonyl (C=O) groups is 2. The smallest absolute Gasteiger partial charge is 0.344 e. The highest BCUT2D eigenvalue weighted by molar-refractivity contribution is 5.94. The van der Waals surface area contributed by atoms with E-state index in [1.807, 2.05) is 48.6 Å². The third-order valence-corrected chi connectivity index (χ3v) is 7.24. The normalized spacial score (nSPS) is 17.2. The molecule has 3 aromatic rings. The lowest BCUT2D eigenvalue weighted by Gasteiger charge is -2.38. The molecule has 0 saturated carbocycles. The number of rotatable bonds is 11. The first-order valence-electron chi connectivity index (χ1n) is 13.3. The van der Waals surface area contributed by atoms with Crippen LogP contribution in [0.2, 0.25) is 0 Å². The summed E-state index contributed by atoms with van der Waals surface area (Å²) in [7, 11) is 0. The first kappa shape index (κ1) is 28.6. The molecule has 3 aromatic carbocycles. The molecule has 4 rings (SSSR count). The number of benzene rings is 3. The molecule has 2 N–H and O–H groups in total. The monoisotopic (exact) mass is 543 g/mol. The second kappa shape index (κ2) is 12.6. The number of carboxylic acids is 1. The lowest BCUT2D eigenvalue weighted by atomic mass is 9.67. The minimum absolute atomic E-state index is 0.204. The Morgan fingerprint density at radius 2 is 1.62 bits per heavy atom. The topological polar surface area (TPSA) is 84.9 Å². The van der Waals surface area contributed by atoms with Crippen molar-refractivity contribution in [3.8, 4) is 16.9 Å². The highest BCUT2D eigenvalue weighted by Gasteiger charge is 2.37. The average Bonchev–Trinajstić information content (AvgIpc) is 2.96. The van der Waals surface area contributed by atoms with Crippen LogP contribution in [0.15, 0.2) is 96.8 Å². The van der Waals surface area contributed by atoms with E-state index in [-0.39, 0.29) is 29.7 Å². The van der Waals surface area contributed by atoms with Crippen LogP contribution in [-0.2, 0) is 14.9 Å². The van der Waals surface area contributed by atoms with Gasteiger partial charge in [0, 0.05) is 16.5 Å². The molecule has 2 unspecified atom stereocenters. The van der Waals surface area contributed by atoms with Crippen LogP contribution in [0.25, 0.3) is 11.1 Å². The van der Waals surface area contributed by atoms with Gasteiger partial charge in [-0.15, -0.1) is 0 Å². The standard InChI is InChI=1S/C33H34FNO5/c1-22(2)33(18-16-28(17-19-33)40-23(3)32(37)38)29-6-4-5-7-30(29)39-21-20-35-31(36)26-10-8-24(9-11-26)25-12-14-27(34)15-13-25/h4-18,22-23H,19-21H2,1-3H3,(H,35,36)(H,37,38). The van der Waals surface area contributed by atoms with Crippen molar-refractivity contribution in [1.29, 1.82) is 0 Å². The first-order valence-corrected chi connectivity index (χ1v) is 13.3. The largest absolute Gasteiger partial charge is 0.491 e. The summed E-state index contributed by atoms with van der Waals surface area (Å²) in [6.45, 7) is 6.40. The maximum absolute atomic E-state index is 13.2. The minimum atomic E-state index is -1.01. The summed E-state index contributed by atoms with van der Waals surface area (Å²) in [5, 5.41) is 12.1. The highest BCUT2D eigenvalue weighted by Crippen LogP contribution is 2.44. The van der Waals surface area contributed by atoms with Crippen molar-refractivity contribution in [2.45, 2.75) is 38.7 Å². The zero-order valence-corrected chi connectivity index (χ0v) is 22.9. The Labute approximate surface area is 234 Å². The lowest BCUT2D eigenvalue weighted by molar-refractivity contribution is -0.146. The number of hydrogen-bond donors (Lipinski definition) is 2. The minimum Gasteiger partial charge on any atom is -0.491 e. The summed E-state index contributed by atoms with van der Waals surface area (Å²) in [5.41, 5.74) is 2.97. The molecule has 0 aliphatic heterocycles. The van der Waals surface area contributed by atoms with Crippen molar-refractivity contribution in [2.75, 3.05) is 13.2 Å². The van der Waals surface area contributed by atoms with Gasteiger partial charge in [-0.05, 0) is 72.9 Å². The van der Waals surface area contributed by atoms with E-state index >= 15 is 0 Å². The van der Waals surface area contributed by atoms with E-state index < -0.39 is 12.1 Å². The fraction of sp³-hybridized carbons (Fsp3) is 0.273. The molecule has 0 bridgehead atoms. The van der Waals surface area contributed by atoms with Crippen molar-refractivity contribution in [1.82, 2.24) is 5.32 Å². The number of amides is 1. The number of carbonyl (C=O) groups excluding carboxylic acids is 1. The maximum Gasteiger partial charge on any atom is 0.344 e. The zero-order chi connectivity index (χ0) is 28.7. The Kier molecular flexibility index (Phi) is 9.04. The van der Waals surface area contributed by atoms with Crippen molar-refractivity contribution in [3.05, 3.63) is 114 Å². The maximum atomic E-state index is 13.2. The Hall–Kier alpha value is -4.39. The average molecular weight is 544 g/mol. The van der Waals surface area contributed by atoms with Gasteiger partial charge in [-0.3, -0.25) is 4.79 Å². The third kappa shape index (κ3) is 6.60. The summed E-state index contributed by atoms with van der Waals surface area (Å²) in [5.74, 6) is -0.0101. The van der Waals surface area contributed by atoms with Crippen LogP contribution < -0.4 is 10.1 Å². The number of carboxylic acid groups (broad SMARTS) is 1. The van der Waals surface area contributed by atoms with Crippen molar-refractivity contribution >= 4 is 11.9 Å². The van der Waals surface area contributed by atoms with Crippen molar-refractivity contribution < 1.29 is 28.6 Å². The fourth-order valence-corrected chi connectivity index (χ4v) is 4.78. The first-order chi connectivity index (χ1) is 19.2. The molecule has 2 atom stereocenters. The van der Waals surface area contributed by atoms with Gasteiger partial charge in [0.15, 0.2) is 6.10 Å². The molecule has 0 saturated heterocycles.